The number of carbonyl (C=O) groups excluding carboxylic acids is 1. The highest BCUT2D eigenvalue weighted by Gasteiger charge is 2.21. The second-order valence-electron chi connectivity index (χ2n) is 6.65. The molecule has 0 aliphatic rings. The number of hydrogen-bond donors (Lipinski definition) is 1. The van der Waals surface area contributed by atoms with E-state index in [1.54, 1.807) is 24.3 Å². The molecule has 2 aromatic rings. The molecule has 0 fully saturated rings. The molecule has 2 rings (SSSR count). The normalized spacial score (nSPS) is 12.7. The van der Waals surface area contributed by atoms with Crippen molar-refractivity contribution in [3.63, 3.8) is 0 Å². The van der Waals surface area contributed by atoms with Crippen molar-refractivity contribution >= 4 is 21.8 Å². The van der Waals surface area contributed by atoms with Crippen molar-refractivity contribution in [3.05, 3.63) is 65.2 Å². The molecule has 0 bridgehead atoms. The zero-order chi connectivity index (χ0) is 20.2. The lowest BCUT2D eigenvalue weighted by Gasteiger charge is -2.23. The van der Waals surface area contributed by atoms with Crippen molar-refractivity contribution in [2.75, 3.05) is 25.4 Å². The van der Waals surface area contributed by atoms with Gasteiger partial charge in [-0.3, -0.25) is 9.10 Å². The van der Waals surface area contributed by atoms with Gasteiger partial charge in [0.25, 0.3) is 5.91 Å². The highest BCUT2D eigenvalue weighted by molar-refractivity contribution is 7.90. The maximum absolute atomic E-state index is 12.6. The quantitative estimate of drug-likeness (QED) is 0.791. The summed E-state index contributed by atoms with van der Waals surface area (Å²) in [7, 11) is 0.873. The number of hydrogen-bond acceptors (Lipinski definition) is 3. The third-order valence-electron chi connectivity index (χ3n) is 4.49. The second-order valence-corrected chi connectivity index (χ2v) is 8.82. The Kier molecular flexibility index (Phi) is 6.62. The van der Waals surface area contributed by atoms with Crippen molar-refractivity contribution in [2.24, 2.45) is 0 Å². The summed E-state index contributed by atoms with van der Waals surface area (Å²) in [4.78, 5) is 12.6. The van der Waals surface area contributed by atoms with E-state index in [2.05, 4.69) is 5.32 Å². The maximum atomic E-state index is 12.6. The first-order chi connectivity index (χ1) is 12.7. The summed E-state index contributed by atoms with van der Waals surface area (Å²) in [5.41, 5.74) is 3.21. The number of benzene rings is 2. The van der Waals surface area contributed by atoms with E-state index in [9.17, 15) is 13.2 Å². The predicted molar refractivity (Wildman–Crippen MR) is 109 cm³/mol. The first-order valence-corrected chi connectivity index (χ1v) is 10.2. The van der Waals surface area contributed by atoms with Crippen LogP contribution in [-0.2, 0) is 10.2 Å². The molecule has 0 saturated carbocycles. The van der Waals surface area contributed by atoms with E-state index in [-0.39, 0.29) is 11.9 Å². The lowest BCUT2D eigenvalue weighted by Crippen LogP contribution is -2.37. The van der Waals surface area contributed by atoms with E-state index in [1.165, 1.54) is 31.0 Å². The van der Waals surface area contributed by atoms with E-state index in [4.69, 9.17) is 0 Å². The summed E-state index contributed by atoms with van der Waals surface area (Å²) in [6.07, 6.45) is 0.775. The minimum absolute atomic E-state index is 0.0745. The largest absolute Gasteiger partial charge is 0.345 e. The molecule has 146 valence electrons. The van der Waals surface area contributed by atoms with Crippen LogP contribution in [-0.4, -0.2) is 39.8 Å². The SMILES string of the molecule is CC[C@@H](NC(=O)c1ccc(N(C)S(=O)(=O)N(C)C)cc1)c1ccc(C)cc1. The van der Waals surface area contributed by atoms with E-state index in [0.717, 1.165) is 16.3 Å². The van der Waals surface area contributed by atoms with Crippen LogP contribution in [0.15, 0.2) is 48.5 Å². The molecule has 6 nitrogen and oxygen atoms in total. The molecule has 0 unspecified atom stereocenters. The molecule has 0 spiro atoms. The van der Waals surface area contributed by atoms with Crippen molar-refractivity contribution in [3.8, 4) is 0 Å². The van der Waals surface area contributed by atoms with Crippen LogP contribution < -0.4 is 9.62 Å². The molecule has 0 saturated heterocycles. The summed E-state index contributed by atoms with van der Waals surface area (Å²) in [5.74, 6) is -0.188. The van der Waals surface area contributed by atoms with E-state index < -0.39 is 10.2 Å². The van der Waals surface area contributed by atoms with Gasteiger partial charge < -0.3 is 5.32 Å². The van der Waals surface area contributed by atoms with Gasteiger partial charge in [-0.15, -0.1) is 0 Å². The van der Waals surface area contributed by atoms with Gasteiger partial charge in [-0.2, -0.15) is 12.7 Å². The van der Waals surface area contributed by atoms with Crippen LogP contribution in [0.3, 0.4) is 0 Å². The van der Waals surface area contributed by atoms with Crippen LogP contribution in [0.5, 0.6) is 0 Å². The average Bonchev–Trinajstić information content (AvgIpc) is 2.66. The summed E-state index contributed by atoms with van der Waals surface area (Å²) < 4.78 is 26.7. The van der Waals surface area contributed by atoms with Crippen LogP contribution in [0.25, 0.3) is 0 Å². The maximum Gasteiger partial charge on any atom is 0.303 e. The summed E-state index contributed by atoms with van der Waals surface area (Å²) in [6, 6.07) is 14.5. The Labute approximate surface area is 162 Å². The Morgan fingerprint density at radius 2 is 1.56 bits per heavy atom. The fraction of sp³-hybridized carbons (Fsp3) is 0.350. The second kappa shape index (κ2) is 8.54. The predicted octanol–water partition coefficient (Wildman–Crippen LogP) is 3.12. The van der Waals surface area contributed by atoms with E-state index in [0.29, 0.717) is 11.3 Å². The van der Waals surface area contributed by atoms with E-state index >= 15 is 0 Å². The van der Waals surface area contributed by atoms with Gasteiger partial charge >= 0.3 is 10.2 Å². The van der Waals surface area contributed by atoms with Crippen LogP contribution >= 0.6 is 0 Å². The van der Waals surface area contributed by atoms with Crippen LogP contribution in [0.1, 0.15) is 40.9 Å². The molecule has 0 aliphatic heterocycles. The molecule has 1 N–H and O–H groups in total. The van der Waals surface area contributed by atoms with Gasteiger partial charge in [0.05, 0.1) is 11.7 Å². The average molecular weight is 390 g/mol. The van der Waals surface area contributed by atoms with Crippen molar-refractivity contribution in [2.45, 2.75) is 26.3 Å². The molecule has 7 heteroatoms. The van der Waals surface area contributed by atoms with Gasteiger partial charge in [-0.05, 0) is 43.2 Å². The molecule has 0 heterocycles. The number of rotatable bonds is 7. The smallest absolute Gasteiger partial charge is 0.303 e. The lowest BCUT2D eigenvalue weighted by atomic mass is 10.0. The Morgan fingerprint density at radius 1 is 1.00 bits per heavy atom. The minimum Gasteiger partial charge on any atom is -0.345 e. The Hall–Kier alpha value is -2.38. The number of carbonyl (C=O) groups is 1. The number of nitrogens with zero attached hydrogens (tertiary/aromatic N) is 2. The number of anilines is 1. The molecule has 2 aromatic carbocycles. The van der Waals surface area contributed by atoms with Crippen LogP contribution in [0, 0.1) is 6.92 Å². The Morgan fingerprint density at radius 3 is 2.04 bits per heavy atom. The van der Waals surface area contributed by atoms with Gasteiger partial charge in [-0.1, -0.05) is 36.8 Å². The first kappa shape index (κ1) is 20.9. The van der Waals surface area contributed by atoms with Gasteiger partial charge in [0, 0.05) is 26.7 Å². The fourth-order valence-corrected chi connectivity index (χ4v) is 3.54. The van der Waals surface area contributed by atoms with Gasteiger partial charge in [0.2, 0.25) is 0 Å². The molecule has 0 aliphatic carbocycles. The monoisotopic (exact) mass is 389 g/mol. The third-order valence-corrected chi connectivity index (χ3v) is 6.32. The van der Waals surface area contributed by atoms with Crippen molar-refractivity contribution in [1.82, 2.24) is 9.62 Å². The van der Waals surface area contributed by atoms with Crippen molar-refractivity contribution in [1.29, 1.82) is 0 Å². The topological polar surface area (TPSA) is 69.7 Å². The van der Waals surface area contributed by atoms with Crippen LogP contribution in [0.2, 0.25) is 0 Å². The molecule has 1 amide bonds. The number of amides is 1. The Bertz CT molecular complexity index is 876. The fourth-order valence-electron chi connectivity index (χ4n) is 2.66. The lowest BCUT2D eigenvalue weighted by molar-refractivity contribution is 0.0935. The van der Waals surface area contributed by atoms with E-state index in [1.807, 2.05) is 38.1 Å². The standard InChI is InChI=1S/C20H27N3O3S/c1-6-19(16-9-7-15(2)8-10-16)21-20(24)17-11-13-18(14-12-17)23(5)27(25,26)22(3)4/h7-14,19H,6H2,1-5H3,(H,21,24)/t19-/m1/s1. The molecule has 0 radical (unpaired) electrons. The number of nitrogens with one attached hydrogen (secondary N) is 1. The highest BCUT2D eigenvalue weighted by atomic mass is 32.2. The zero-order valence-electron chi connectivity index (χ0n) is 16.4. The molecular formula is C20H27N3O3S. The summed E-state index contributed by atoms with van der Waals surface area (Å²) in [6.45, 7) is 4.05. The van der Waals surface area contributed by atoms with Crippen molar-refractivity contribution < 1.29 is 13.2 Å². The first-order valence-electron chi connectivity index (χ1n) is 8.80. The zero-order valence-corrected chi connectivity index (χ0v) is 17.2. The Balaban J connectivity index is 2.14. The number of aryl methyl sites for hydroxylation is 1. The van der Waals surface area contributed by atoms with Crippen LogP contribution in [0.4, 0.5) is 5.69 Å². The molecule has 1 atom stereocenters. The third kappa shape index (κ3) is 4.87. The van der Waals surface area contributed by atoms with Gasteiger partial charge in [-0.25, -0.2) is 0 Å². The van der Waals surface area contributed by atoms with Gasteiger partial charge in [0.1, 0.15) is 0 Å². The highest BCUT2D eigenvalue weighted by Crippen LogP contribution is 2.20. The summed E-state index contributed by atoms with van der Waals surface area (Å²) >= 11 is 0. The molecule has 0 aromatic heterocycles. The minimum atomic E-state index is -3.56. The van der Waals surface area contributed by atoms with Gasteiger partial charge in [0.15, 0.2) is 0 Å². The molecular weight excluding hydrogens is 362 g/mol. The summed E-state index contributed by atoms with van der Waals surface area (Å²) in [5, 5.41) is 3.04. The molecule has 27 heavy (non-hydrogen) atoms.